The van der Waals surface area contributed by atoms with Gasteiger partial charge in [0.2, 0.25) is 0 Å². The maximum absolute atomic E-state index is 11.8. The number of carbonyl (C=O) groups is 1. The summed E-state index contributed by atoms with van der Waals surface area (Å²) in [4.78, 5) is 18.9. The molecule has 0 saturated carbocycles. The molecule has 1 aliphatic rings. The maximum atomic E-state index is 11.8. The average Bonchev–Trinajstić information content (AvgIpc) is 2.66. The quantitative estimate of drug-likeness (QED) is 0.860. The van der Waals surface area contributed by atoms with Crippen LogP contribution in [0, 0.1) is 0 Å². The molecule has 1 aromatic heterocycles. The van der Waals surface area contributed by atoms with E-state index < -0.39 is 0 Å². The Balaban J connectivity index is 1.78. The first-order valence-electron chi connectivity index (χ1n) is 5.76. The largest absolute Gasteiger partial charge is 0.333 e. The molecular weight excluding hydrogens is 222 g/mol. The second kappa shape index (κ2) is 5.84. The van der Waals surface area contributed by atoms with Crippen LogP contribution in [0.1, 0.15) is 30.6 Å². The Morgan fingerprint density at radius 2 is 2.12 bits per heavy atom. The minimum Gasteiger partial charge on any atom is -0.333 e. The number of hydrogen-bond donors (Lipinski definition) is 1. The second-order valence-corrected chi connectivity index (χ2v) is 5.00. The molecular formula is C11H17N3OS. The zero-order valence-electron chi connectivity index (χ0n) is 9.32. The zero-order chi connectivity index (χ0) is 11.2. The molecule has 1 aromatic rings. The summed E-state index contributed by atoms with van der Waals surface area (Å²) in [5, 5.41) is 2.94. The third-order valence-electron chi connectivity index (χ3n) is 2.79. The molecule has 1 fully saturated rings. The van der Waals surface area contributed by atoms with E-state index in [4.69, 9.17) is 0 Å². The Labute approximate surface area is 99.7 Å². The lowest BCUT2D eigenvalue weighted by atomic mass is 10.2. The fourth-order valence-electron chi connectivity index (χ4n) is 1.88. The number of aromatic nitrogens is 1. The van der Waals surface area contributed by atoms with Gasteiger partial charge in [-0.25, -0.2) is 4.79 Å². The van der Waals surface area contributed by atoms with Crippen molar-refractivity contribution in [3.63, 3.8) is 0 Å². The summed E-state index contributed by atoms with van der Waals surface area (Å²) < 4.78 is 0. The highest BCUT2D eigenvalue weighted by Gasteiger charge is 2.14. The summed E-state index contributed by atoms with van der Waals surface area (Å²) in [6.07, 6.45) is 6.56. The van der Waals surface area contributed by atoms with E-state index in [1.54, 1.807) is 23.0 Å². The number of amides is 2. The normalized spacial score (nSPS) is 16.9. The molecule has 2 amide bonds. The van der Waals surface area contributed by atoms with Gasteiger partial charge in [-0.05, 0) is 12.8 Å². The summed E-state index contributed by atoms with van der Waals surface area (Å²) in [6, 6.07) is 0.0651. The van der Waals surface area contributed by atoms with Gasteiger partial charge < -0.3 is 10.2 Å². The molecule has 2 heterocycles. The predicted octanol–water partition coefficient (Wildman–Crippen LogP) is 2.23. The van der Waals surface area contributed by atoms with Crippen LogP contribution in [0.25, 0.3) is 0 Å². The van der Waals surface area contributed by atoms with Gasteiger partial charge in [-0.1, -0.05) is 12.8 Å². The van der Waals surface area contributed by atoms with Crippen molar-refractivity contribution in [3.05, 3.63) is 16.6 Å². The summed E-state index contributed by atoms with van der Waals surface area (Å²) >= 11 is 1.57. The molecule has 0 radical (unpaired) electrons. The number of likely N-dealkylation sites (tertiary alicyclic amines) is 1. The van der Waals surface area contributed by atoms with Crippen LogP contribution in [0.2, 0.25) is 0 Å². The lowest BCUT2D eigenvalue weighted by molar-refractivity contribution is 0.199. The molecule has 88 valence electrons. The van der Waals surface area contributed by atoms with Crippen LogP contribution in [0.15, 0.2) is 11.7 Å². The number of nitrogens with zero attached hydrogens (tertiary/aromatic N) is 2. The summed E-state index contributed by atoms with van der Waals surface area (Å²) in [5.74, 6) is 0. The van der Waals surface area contributed by atoms with Crippen molar-refractivity contribution in [3.8, 4) is 0 Å². The summed E-state index contributed by atoms with van der Waals surface area (Å²) in [6.45, 7) is 2.39. The van der Waals surface area contributed by atoms with Crippen LogP contribution >= 0.6 is 11.3 Å². The fraction of sp³-hybridized carbons (Fsp3) is 0.636. The molecule has 1 saturated heterocycles. The molecule has 0 atom stereocenters. The Bertz CT molecular complexity index is 318. The number of thiazole rings is 1. The van der Waals surface area contributed by atoms with Crippen molar-refractivity contribution in [2.24, 2.45) is 0 Å². The Morgan fingerprint density at radius 3 is 2.75 bits per heavy atom. The van der Waals surface area contributed by atoms with Gasteiger partial charge in [0.1, 0.15) is 0 Å². The Hall–Kier alpha value is -1.10. The van der Waals surface area contributed by atoms with Crippen LogP contribution in [-0.2, 0) is 6.54 Å². The molecule has 0 unspecified atom stereocenters. The van der Waals surface area contributed by atoms with Gasteiger partial charge in [0, 0.05) is 24.2 Å². The van der Waals surface area contributed by atoms with Crippen molar-refractivity contribution in [1.82, 2.24) is 15.2 Å². The number of carbonyl (C=O) groups excluding carboxylic acids is 1. The molecule has 0 bridgehead atoms. The molecule has 2 rings (SSSR count). The minimum atomic E-state index is 0.0651. The molecule has 0 aliphatic carbocycles. The topological polar surface area (TPSA) is 45.2 Å². The van der Waals surface area contributed by atoms with E-state index in [2.05, 4.69) is 10.3 Å². The number of rotatable bonds is 2. The molecule has 5 heteroatoms. The average molecular weight is 239 g/mol. The van der Waals surface area contributed by atoms with Crippen LogP contribution in [-0.4, -0.2) is 29.0 Å². The monoisotopic (exact) mass is 239 g/mol. The molecule has 1 aliphatic heterocycles. The zero-order valence-corrected chi connectivity index (χ0v) is 10.1. The number of nitrogens with one attached hydrogen (secondary N) is 1. The molecule has 4 nitrogen and oxygen atoms in total. The van der Waals surface area contributed by atoms with Gasteiger partial charge in [0.15, 0.2) is 0 Å². The fourth-order valence-corrected chi connectivity index (χ4v) is 2.41. The summed E-state index contributed by atoms with van der Waals surface area (Å²) in [7, 11) is 0. The van der Waals surface area contributed by atoms with E-state index in [1.807, 2.05) is 4.90 Å². The number of urea groups is 1. The molecule has 0 aromatic carbocycles. The van der Waals surface area contributed by atoms with Crippen LogP contribution < -0.4 is 5.32 Å². The first-order valence-corrected chi connectivity index (χ1v) is 6.64. The van der Waals surface area contributed by atoms with Crippen molar-refractivity contribution in [2.75, 3.05) is 13.1 Å². The highest BCUT2D eigenvalue weighted by Crippen LogP contribution is 2.10. The van der Waals surface area contributed by atoms with Crippen molar-refractivity contribution in [2.45, 2.75) is 32.2 Å². The lowest BCUT2D eigenvalue weighted by Gasteiger charge is -2.20. The van der Waals surface area contributed by atoms with Gasteiger partial charge in [0.25, 0.3) is 0 Å². The van der Waals surface area contributed by atoms with Crippen molar-refractivity contribution < 1.29 is 4.79 Å². The number of hydrogen-bond acceptors (Lipinski definition) is 3. The highest BCUT2D eigenvalue weighted by atomic mass is 32.1. The lowest BCUT2D eigenvalue weighted by Crippen LogP contribution is -2.39. The third-order valence-corrected chi connectivity index (χ3v) is 3.57. The van der Waals surface area contributed by atoms with Crippen LogP contribution in [0.4, 0.5) is 4.79 Å². The summed E-state index contributed by atoms with van der Waals surface area (Å²) in [5.41, 5.74) is 1.79. The first-order chi connectivity index (χ1) is 7.86. The SMILES string of the molecule is O=C(NCc1cncs1)N1CCCCCC1. The third kappa shape index (κ3) is 3.20. The van der Waals surface area contributed by atoms with Gasteiger partial charge in [0.05, 0.1) is 12.1 Å². The Kier molecular flexibility index (Phi) is 4.16. The first kappa shape index (κ1) is 11.4. The highest BCUT2D eigenvalue weighted by molar-refractivity contribution is 7.09. The van der Waals surface area contributed by atoms with E-state index in [-0.39, 0.29) is 6.03 Å². The van der Waals surface area contributed by atoms with E-state index in [9.17, 15) is 4.79 Å². The molecule has 16 heavy (non-hydrogen) atoms. The molecule has 1 N–H and O–H groups in total. The van der Waals surface area contributed by atoms with Crippen LogP contribution in [0.3, 0.4) is 0 Å². The molecule has 0 spiro atoms. The van der Waals surface area contributed by atoms with Crippen molar-refractivity contribution >= 4 is 17.4 Å². The van der Waals surface area contributed by atoms with E-state index in [0.717, 1.165) is 30.8 Å². The van der Waals surface area contributed by atoms with E-state index >= 15 is 0 Å². The van der Waals surface area contributed by atoms with Gasteiger partial charge in [-0.3, -0.25) is 4.98 Å². The van der Waals surface area contributed by atoms with E-state index in [0.29, 0.717) is 6.54 Å². The standard InChI is InChI=1S/C11H17N3OS/c15-11(13-8-10-7-12-9-16-10)14-5-3-1-2-4-6-14/h7,9H,1-6,8H2,(H,13,15). The van der Waals surface area contributed by atoms with Crippen LogP contribution in [0.5, 0.6) is 0 Å². The smallest absolute Gasteiger partial charge is 0.317 e. The second-order valence-electron chi connectivity index (χ2n) is 4.03. The Morgan fingerprint density at radius 1 is 1.38 bits per heavy atom. The van der Waals surface area contributed by atoms with Gasteiger partial charge in [-0.15, -0.1) is 11.3 Å². The maximum Gasteiger partial charge on any atom is 0.317 e. The van der Waals surface area contributed by atoms with Crippen molar-refractivity contribution in [1.29, 1.82) is 0 Å². The predicted molar refractivity (Wildman–Crippen MR) is 64.4 cm³/mol. The van der Waals surface area contributed by atoms with Gasteiger partial charge >= 0.3 is 6.03 Å². The van der Waals surface area contributed by atoms with E-state index in [1.165, 1.54) is 12.8 Å². The van der Waals surface area contributed by atoms with Gasteiger partial charge in [-0.2, -0.15) is 0 Å². The minimum absolute atomic E-state index is 0.0651.